The van der Waals surface area contributed by atoms with Crippen LogP contribution in [0.4, 0.5) is 0 Å². The summed E-state index contributed by atoms with van der Waals surface area (Å²) in [6.07, 6.45) is 7.84. The van der Waals surface area contributed by atoms with Crippen LogP contribution >= 0.6 is 0 Å². The molecule has 0 amide bonds. The lowest BCUT2D eigenvalue weighted by Crippen LogP contribution is -2.06. The maximum atomic E-state index is 10.6. The average molecular weight is 537 g/mol. The van der Waals surface area contributed by atoms with Crippen LogP contribution in [-0.4, -0.2) is 71.1 Å². The lowest BCUT2D eigenvalue weighted by atomic mass is 10.1. The molecule has 0 aromatic heterocycles. The van der Waals surface area contributed by atoms with E-state index < -0.39 is 17.9 Å². The summed E-state index contributed by atoms with van der Waals surface area (Å²) in [6, 6.07) is 0. The van der Waals surface area contributed by atoms with Crippen molar-refractivity contribution in [2.45, 2.75) is 105 Å². The largest absolute Gasteiger partial charge is 0.481 e. The number of rotatable bonds is 19. The van der Waals surface area contributed by atoms with Crippen LogP contribution in [0.1, 0.15) is 105 Å². The van der Waals surface area contributed by atoms with Gasteiger partial charge in [0.15, 0.2) is 0 Å². The van der Waals surface area contributed by atoms with E-state index in [4.69, 9.17) is 20.1 Å². The number of hydrogen-bond acceptors (Lipinski definition) is 8. The maximum Gasteiger partial charge on any atom is 0.306 e. The van der Waals surface area contributed by atoms with Crippen molar-refractivity contribution in [1.29, 1.82) is 0 Å². The van der Waals surface area contributed by atoms with Gasteiger partial charge in [-0.05, 0) is 40.0 Å². The van der Waals surface area contributed by atoms with Gasteiger partial charge in [-0.15, -0.1) is 0 Å². The van der Waals surface area contributed by atoms with E-state index in [9.17, 15) is 28.8 Å². The lowest BCUT2D eigenvalue weighted by molar-refractivity contribution is -0.141. The van der Waals surface area contributed by atoms with Crippen LogP contribution < -0.4 is 0 Å². The highest BCUT2D eigenvalue weighted by Gasteiger charge is 2.05. The van der Waals surface area contributed by atoms with E-state index in [1.807, 2.05) is 13.8 Å². The Hall–Kier alpha value is -2.82. The first-order valence-corrected chi connectivity index (χ1v) is 12.6. The van der Waals surface area contributed by atoms with Crippen molar-refractivity contribution >= 4 is 35.9 Å². The predicted octanol–water partition coefficient (Wildman–Crippen LogP) is 4.53. The number of carbonyl (C=O) groups excluding carboxylic acids is 3. The van der Waals surface area contributed by atoms with Crippen molar-refractivity contribution in [3.05, 3.63) is 0 Å². The molecular formula is C26H48O11. The maximum absolute atomic E-state index is 10.6. The Kier molecular flexibility index (Phi) is 37.0. The highest BCUT2D eigenvalue weighted by molar-refractivity contribution is 5.80. The van der Waals surface area contributed by atoms with Crippen LogP contribution in [0.15, 0.2) is 0 Å². The second kappa shape index (κ2) is 33.2. The van der Waals surface area contributed by atoms with Gasteiger partial charge in [-0.1, -0.05) is 39.5 Å². The number of ether oxygens (including phenoxy) is 2. The molecule has 3 N–H and O–H groups in total. The predicted molar refractivity (Wildman–Crippen MR) is 138 cm³/mol. The molecule has 0 aromatic rings. The van der Waals surface area contributed by atoms with Crippen LogP contribution in [0, 0.1) is 5.92 Å². The number of carbonyl (C=O) groups is 6. The Balaban J connectivity index is -0.000000206. The van der Waals surface area contributed by atoms with Crippen LogP contribution in [0.25, 0.3) is 0 Å². The Labute approximate surface area is 220 Å². The zero-order valence-corrected chi connectivity index (χ0v) is 23.2. The molecule has 11 heteroatoms. The fourth-order valence-corrected chi connectivity index (χ4v) is 2.11. The Morgan fingerprint density at radius 1 is 0.703 bits per heavy atom. The topological polar surface area (TPSA) is 182 Å². The molecule has 0 saturated heterocycles. The first-order chi connectivity index (χ1) is 17.3. The van der Waals surface area contributed by atoms with Crippen molar-refractivity contribution in [2.75, 3.05) is 19.8 Å². The minimum atomic E-state index is -0.916. The summed E-state index contributed by atoms with van der Waals surface area (Å²) in [6.45, 7) is 10.4. The van der Waals surface area contributed by atoms with Crippen molar-refractivity contribution < 1.29 is 53.6 Å². The highest BCUT2D eigenvalue weighted by Crippen LogP contribution is 2.08. The van der Waals surface area contributed by atoms with E-state index in [2.05, 4.69) is 4.74 Å². The molecule has 0 rings (SSSR count). The summed E-state index contributed by atoms with van der Waals surface area (Å²) in [4.78, 5) is 60.0. The van der Waals surface area contributed by atoms with Gasteiger partial charge < -0.3 is 34.4 Å². The van der Waals surface area contributed by atoms with Crippen LogP contribution in [0.5, 0.6) is 0 Å². The molecule has 37 heavy (non-hydrogen) atoms. The number of Topliss-reactive ketones (excluding diaryl/α,β-unsaturated/α-hetero) is 2. The quantitative estimate of drug-likeness (QED) is 0.156. The molecule has 0 aliphatic carbocycles. The molecule has 0 fully saturated rings. The highest BCUT2D eigenvalue weighted by atomic mass is 16.5. The summed E-state index contributed by atoms with van der Waals surface area (Å²) >= 11 is 0. The average Bonchev–Trinajstić information content (AvgIpc) is 2.82. The zero-order valence-electron chi connectivity index (χ0n) is 23.2. The second-order valence-electron chi connectivity index (χ2n) is 8.12. The Bertz CT molecular complexity index is 569. The minimum Gasteiger partial charge on any atom is -0.481 e. The third-order valence-corrected chi connectivity index (χ3v) is 4.51. The van der Waals surface area contributed by atoms with E-state index in [0.29, 0.717) is 32.7 Å². The Morgan fingerprint density at radius 2 is 1.16 bits per heavy atom. The fraction of sp³-hybridized carbons (Fsp3) is 0.769. The molecule has 11 nitrogen and oxygen atoms in total. The number of aliphatic carboxylic acids is 3. The summed E-state index contributed by atoms with van der Waals surface area (Å²) in [7, 11) is 0. The molecule has 1 unspecified atom stereocenters. The Morgan fingerprint density at radius 3 is 1.46 bits per heavy atom. The number of carboxylic acid groups (broad SMARTS) is 3. The molecule has 0 radical (unpaired) electrons. The van der Waals surface area contributed by atoms with Gasteiger partial charge in [0.25, 0.3) is 6.47 Å². The van der Waals surface area contributed by atoms with Crippen molar-refractivity contribution in [3.8, 4) is 0 Å². The molecule has 0 aliphatic heterocycles. The van der Waals surface area contributed by atoms with Crippen LogP contribution in [-0.2, 0) is 38.2 Å². The molecule has 1 atom stereocenters. The molecule has 0 heterocycles. The van der Waals surface area contributed by atoms with Crippen LogP contribution in [0.2, 0.25) is 0 Å². The third-order valence-electron chi connectivity index (χ3n) is 4.51. The van der Waals surface area contributed by atoms with Gasteiger partial charge in [0.1, 0.15) is 18.2 Å². The van der Waals surface area contributed by atoms with Gasteiger partial charge in [0.2, 0.25) is 0 Å². The smallest absolute Gasteiger partial charge is 0.306 e. The molecule has 218 valence electrons. The molecular weight excluding hydrogens is 488 g/mol. The van der Waals surface area contributed by atoms with E-state index in [0.717, 1.165) is 44.9 Å². The molecule has 0 aromatic carbocycles. The van der Waals surface area contributed by atoms with Crippen molar-refractivity contribution in [2.24, 2.45) is 5.92 Å². The molecule has 0 spiro atoms. The molecule has 0 bridgehead atoms. The van der Waals surface area contributed by atoms with Gasteiger partial charge in [-0.3, -0.25) is 19.2 Å². The normalized spacial score (nSPS) is 10.1. The van der Waals surface area contributed by atoms with E-state index in [1.165, 1.54) is 6.92 Å². The summed E-state index contributed by atoms with van der Waals surface area (Å²) < 4.78 is 9.18. The van der Waals surface area contributed by atoms with Gasteiger partial charge in [0.05, 0.1) is 18.9 Å². The van der Waals surface area contributed by atoms with Gasteiger partial charge in [-0.2, -0.15) is 0 Å². The van der Waals surface area contributed by atoms with E-state index >= 15 is 0 Å². The van der Waals surface area contributed by atoms with E-state index in [-0.39, 0.29) is 36.7 Å². The number of unbranched alkanes of at least 4 members (excludes halogenated alkanes) is 5. The van der Waals surface area contributed by atoms with Crippen molar-refractivity contribution in [1.82, 2.24) is 0 Å². The number of hydrogen-bond donors (Lipinski definition) is 3. The number of ketones is 2. The SMILES string of the molecule is CC(=O)CCC(=O)O.CC(=O)CCCCCCCCC(=O)O.CCC(C)C(=O)O.CCOCCOC=O. The van der Waals surface area contributed by atoms with Crippen LogP contribution in [0.3, 0.4) is 0 Å². The first-order valence-electron chi connectivity index (χ1n) is 12.6. The summed E-state index contributed by atoms with van der Waals surface area (Å²) in [5.74, 6) is -2.33. The lowest BCUT2D eigenvalue weighted by Gasteiger charge is -1.99. The van der Waals surface area contributed by atoms with Gasteiger partial charge in [0, 0.05) is 25.9 Å². The standard InChI is InChI=1S/C11H20O3.C5H8O3.C5H10O3.C5H10O2/c1-10(12)8-6-4-2-3-5-7-9-11(13)14;1-4(6)2-3-5(7)8;1-2-7-3-4-8-5-6;1-3-4(2)5(6)7/h2-9H2,1H3,(H,13,14);2-3H2,1H3,(H,7,8);5H,2-4H2,1H3;4H,3H2,1-2H3,(H,6,7). The minimum absolute atomic E-state index is 0.0463. The van der Waals surface area contributed by atoms with E-state index in [1.54, 1.807) is 13.8 Å². The molecule has 0 saturated carbocycles. The van der Waals surface area contributed by atoms with Gasteiger partial charge >= 0.3 is 17.9 Å². The summed E-state index contributed by atoms with van der Waals surface area (Å²) in [5.41, 5.74) is 0. The number of carboxylic acids is 3. The first kappa shape index (κ1) is 41.3. The fourth-order valence-electron chi connectivity index (χ4n) is 2.11. The third kappa shape index (κ3) is 55.2. The monoisotopic (exact) mass is 536 g/mol. The zero-order chi connectivity index (χ0) is 29.5. The second-order valence-corrected chi connectivity index (χ2v) is 8.12. The molecule has 0 aliphatic rings. The van der Waals surface area contributed by atoms with Crippen molar-refractivity contribution in [3.63, 3.8) is 0 Å². The summed E-state index contributed by atoms with van der Waals surface area (Å²) in [5, 5.41) is 24.6. The van der Waals surface area contributed by atoms with Gasteiger partial charge in [-0.25, -0.2) is 0 Å².